The first-order valence-corrected chi connectivity index (χ1v) is 5.31. The highest BCUT2D eigenvalue weighted by Crippen LogP contribution is 2.14. The summed E-state index contributed by atoms with van der Waals surface area (Å²) in [6, 6.07) is 4.04. The summed E-state index contributed by atoms with van der Waals surface area (Å²) in [4.78, 5) is 4.07. The summed E-state index contributed by atoms with van der Waals surface area (Å²) >= 11 is 0. The molecule has 0 aliphatic heterocycles. The highest BCUT2D eigenvalue weighted by molar-refractivity contribution is 5.08. The predicted molar refractivity (Wildman–Crippen MR) is 58.0 cm³/mol. The van der Waals surface area contributed by atoms with Crippen LogP contribution in [0, 0.1) is 5.92 Å². The van der Waals surface area contributed by atoms with Gasteiger partial charge in [0.15, 0.2) is 0 Å². The van der Waals surface area contributed by atoms with Crippen LogP contribution < -0.4 is 0 Å². The first kappa shape index (κ1) is 11.2. The number of aliphatic hydroxyl groups excluding tert-OH is 1. The summed E-state index contributed by atoms with van der Waals surface area (Å²) in [6.45, 7) is 4.12. The largest absolute Gasteiger partial charge is 0.393 e. The Hall–Kier alpha value is -0.890. The average Bonchev–Trinajstić information content (AvgIpc) is 2.26. The lowest BCUT2D eigenvalue weighted by molar-refractivity contribution is 0.108. The molecule has 2 unspecified atom stereocenters. The zero-order valence-electron chi connectivity index (χ0n) is 8.98. The number of pyridine rings is 1. The van der Waals surface area contributed by atoms with E-state index in [0.29, 0.717) is 5.92 Å². The Balaban J connectivity index is 2.34. The third kappa shape index (κ3) is 3.46. The molecule has 2 heteroatoms. The summed E-state index contributed by atoms with van der Waals surface area (Å²) in [5.74, 6) is 0.375. The van der Waals surface area contributed by atoms with Crippen molar-refractivity contribution >= 4 is 0 Å². The van der Waals surface area contributed by atoms with Crippen LogP contribution in [-0.4, -0.2) is 16.2 Å². The van der Waals surface area contributed by atoms with E-state index in [0.717, 1.165) is 19.3 Å². The summed E-state index contributed by atoms with van der Waals surface area (Å²) < 4.78 is 0. The Morgan fingerprint density at radius 1 is 1.50 bits per heavy atom. The monoisotopic (exact) mass is 193 g/mol. The quantitative estimate of drug-likeness (QED) is 0.779. The lowest BCUT2D eigenvalue weighted by Crippen LogP contribution is -2.16. The van der Waals surface area contributed by atoms with E-state index >= 15 is 0 Å². The molecule has 0 aliphatic rings. The van der Waals surface area contributed by atoms with Crippen molar-refractivity contribution in [3.05, 3.63) is 30.1 Å². The molecule has 0 aliphatic carbocycles. The SMILES string of the molecule is CCC(O)C(C)CCc1cccnc1. The van der Waals surface area contributed by atoms with Crippen LogP contribution in [0.15, 0.2) is 24.5 Å². The number of aryl methyl sites for hydroxylation is 1. The summed E-state index contributed by atoms with van der Waals surface area (Å²) in [6.07, 6.45) is 6.39. The molecule has 1 rings (SSSR count). The molecule has 0 saturated carbocycles. The molecule has 0 bridgehead atoms. The molecule has 1 heterocycles. The highest BCUT2D eigenvalue weighted by Gasteiger charge is 2.11. The minimum absolute atomic E-state index is 0.160. The van der Waals surface area contributed by atoms with Gasteiger partial charge in [0.1, 0.15) is 0 Å². The smallest absolute Gasteiger partial charge is 0.0563 e. The van der Waals surface area contributed by atoms with E-state index in [1.165, 1.54) is 5.56 Å². The van der Waals surface area contributed by atoms with Crippen molar-refractivity contribution in [3.8, 4) is 0 Å². The highest BCUT2D eigenvalue weighted by atomic mass is 16.3. The second-order valence-corrected chi connectivity index (χ2v) is 3.85. The number of aliphatic hydroxyl groups is 1. The predicted octanol–water partition coefficient (Wildman–Crippen LogP) is 2.42. The van der Waals surface area contributed by atoms with Gasteiger partial charge >= 0.3 is 0 Å². The average molecular weight is 193 g/mol. The van der Waals surface area contributed by atoms with Crippen molar-refractivity contribution in [2.24, 2.45) is 5.92 Å². The van der Waals surface area contributed by atoms with Crippen molar-refractivity contribution < 1.29 is 5.11 Å². The molecule has 0 saturated heterocycles. The molecule has 78 valence electrons. The normalized spacial score (nSPS) is 15.1. The molecule has 1 aromatic heterocycles. The molecule has 2 nitrogen and oxygen atoms in total. The molecule has 14 heavy (non-hydrogen) atoms. The molecule has 0 aromatic carbocycles. The number of rotatable bonds is 5. The van der Waals surface area contributed by atoms with Gasteiger partial charge in [0, 0.05) is 12.4 Å². The van der Waals surface area contributed by atoms with Gasteiger partial charge in [0.05, 0.1) is 6.10 Å². The van der Waals surface area contributed by atoms with E-state index < -0.39 is 0 Å². The Morgan fingerprint density at radius 3 is 2.86 bits per heavy atom. The van der Waals surface area contributed by atoms with Gasteiger partial charge in [-0.25, -0.2) is 0 Å². The first-order valence-electron chi connectivity index (χ1n) is 5.31. The second kappa shape index (κ2) is 5.76. The zero-order valence-corrected chi connectivity index (χ0v) is 8.98. The summed E-state index contributed by atoms with van der Waals surface area (Å²) in [7, 11) is 0. The van der Waals surface area contributed by atoms with E-state index in [-0.39, 0.29) is 6.10 Å². The molecule has 1 N–H and O–H groups in total. The number of nitrogens with zero attached hydrogens (tertiary/aromatic N) is 1. The maximum absolute atomic E-state index is 9.59. The zero-order chi connectivity index (χ0) is 10.4. The van der Waals surface area contributed by atoms with Crippen LogP contribution in [0.2, 0.25) is 0 Å². The van der Waals surface area contributed by atoms with Gasteiger partial charge in [-0.15, -0.1) is 0 Å². The maximum atomic E-state index is 9.59. The lowest BCUT2D eigenvalue weighted by Gasteiger charge is -2.16. The fraction of sp³-hybridized carbons (Fsp3) is 0.583. The van der Waals surface area contributed by atoms with Crippen LogP contribution in [0.1, 0.15) is 32.3 Å². The molecule has 2 atom stereocenters. The Kier molecular flexibility index (Phi) is 4.60. The lowest BCUT2D eigenvalue weighted by atomic mass is 9.95. The molecule has 0 fully saturated rings. The fourth-order valence-electron chi connectivity index (χ4n) is 1.54. The van der Waals surface area contributed by atoms with E-state index in [4.69, 9.17) is 0 Å². The fourth-order valence-corrected chi connectivity index (χ4v) is 1.54. The van der Waals surface area contributed by atoms with Gasteiger partial charge < -0.3 is 5.11 Å². The molecule has 1 aromatic rings. The van der Waals surface area contributed by atoms with Crippen molar-refractivity contribution in [2.45, 2.75) is 39.2 Å². The van der Waals surface area contributed by atoms with Crippen LogP contribution in [0.3, 0.4) is 0 Å². The van der Waals surface area contributed by atoms with Gasteiger partial charge in [-0.2, -0.15) is 0 Å². The maximum Gasteiger partial charge on any atom is 0.0563 e. The van der Waals surface area contributed by atoms with Crippen LogP contribution in [0.4, 0.5) is 0 Å². The van der Waals surface area contributed by atoms with Gasteiger partial charge in [0.2, 0.25) is 0 Å². The second-order valence-electron chi connectivity index (χ2n) is 3.85. The van der Waals surface area contributed by atoms with Crippen molar-refractivity contribution in [1.29, 1.82) is 0 Å². The third-order valence-electron chi connectivity index (χ3n) is 2.69. The van der Waals surface area contributed by atoms with Crippen LogP contribution in [0.5, 0.6) is 0 Å². The van der Waals surface area contributed by atoms with Crippen LogP contribution >= 0.6 is 0 Å². The van der Waals surface area contributed by atoms with Gasteiger partial charge in [-0.1, -0.05) is 19.9 Å². The Morgan fingerprint density at radius 2 is 2.29 bits per heavy atom. The Labute approximate surface area is 86.0 Å². The minimum atomic E-state index is -0.160. The van der Waals surface area contributed by atoms with Gasteiger partial charge in [-0.05, 0) is 36.8 Å². The van der Waals surface area contributed by atoms with Crippen molar-refractivity contribution in [3.63, 3.8) is 0 Å². The molecular weight excluding hydrogens is 174 g/mol. The van der Waals surface area contributed by atoms with Gasteiger partial charge in [0.25, 0.3) is 0 Å². The molecule has 0 amide bonds. The van der Waals surface area contributed by atoms with Crippen molar-refractivity contribution in [1.82, 2.24) is 4.98 Å². The summed E-state index contributed by atoms with van der Waals surface area (Å²) in [5.41, 5.74) is 1.25. The van der Waals surface area contributed by atoms with Crippen LogP contribution in [0.25, 0.3) is 0 Å². The Bertz CT molecular complexity index is 248. The third-order valence-corrected chi connectivity index (χ3v) is 2.69. The topological polar surface area (TPSA) is 33.1 Å². The molecule has 0 radical (unpaired) electrons. The number of aromatic nitrogens is 1. The first-order chi connectivity index (χ1) is 6.74. The van der Waals surface area contributed by atoms with Crippen molar-refractivity contribution in [2.75, 3.05) is 0 Å². The van der Waals surface area contributed by atoms with E-state index in [9.17, 15) is 5.11 Å². The standard InChI is InChI=1S/C12H19NO/c1-3-12(14)10(2)6-7-11-5-4-8-13-9-11/h4-5,8-10,12,14H,3,6-7H2,1-2H3. The minimum Gasteiger partial charge on any atom is -0.393 e. The number of hydrogen-bond acceptors (Lipinski definition) is 2. The van der Waals surface area contributed by atoms with Gasteiger partial charge in [-0.3, -0.25) is 4.98 Å². The summed E-state index contributed by atoms with van der Waals surface area (Å²) in [5, 5.41) is 9.59. The number of hydrogen-bond donors (Lipinski definition) is 1. The van der Waals surface area contributed by atoms with E-state index in [1.807, 2.05) is 19.2 Å². The molecule has 0 spiro atoms. The van der Waals surface area contributed by atoms with E-state index in [2.05, 4.69) is 18.0 Å². The van der Waals surface area contributed by atoms with Crippen LogP contribution in [-0.2, 0) is 6.42 Å². The molecular formula is C12H19NO. The van der Waals surface area contributed by atoms with E-state index in [1.54, 1.807) is 6.20 Å².